The zero-order valence-electron chi connectivity index (χ0n) is 11.3. The number of thiophene rings is 1. The molecule has 0 amide bonds. The summed E-state index contributed by atoms with van der Waals surface area (Å²) in [6, 6.07) is 9.03. The summed E-state index contributed by atoms with van der Waals surface area (Å²) < 4.78 is 2.82. The van der Waals surface area contributed by atoms with Crippen LogP contribution in [-0.2, 0) is 0 Å². The first kappa shape index (κ1) is 11.7. The van der Waals surface area contributed by atoms with Gasteiger partial charge in [0.15, 0.2) is 0 Å². The lowest BCUT2D eigenvalue weighted by molar-refractivity contribution is -0.917. The molecule has 0 aliphatic carbocycles. The van der Waals surface area contributed by atoms with Gasteiger partial charge in [-0.2, -0.15) is 0 Å². The molecule has 3 heteroatoms. The van der Waals surface area contributed by atoms with Crippen molar-refractivity contribution in [1.29, 1.82) is 0 Å². The molecule has 2 saturated heterocycles. The molecule has 0 unspecified atom stereocenters. The van der Waals surface area contributed by atoms with Crippen LogP contribution in [0.15, 0.2) is 29.6 Å². The lowest BCUT2D eigenvalue weighted by Crippen LogP contribution is -2.58. The largest absolute Gasteiger partial charge is 0.360 e. The van der Waals surface area contributed by atoms with Crippen molar-refractivity contribution < 1.29 is 4.48 Å². The van der Waals surface area contributed by atoms with Crippen molar-refractivity contribution in [1.82, 2.24) is 0 Å². The molecule has 2 aliphatic heterocycles. The normalized spacial score (nSPS) is 22.4. The molecule has 0 atom stereocenters. The van der Waals surface area contributed by atoms with Crippen LogP contribution in [0.25, 0.3) is 10.1 Å². The zero-order chi connectivity index (χ0) is 12.7. The molecule has 3 heterocycles. The number of hydrogen-bond donors (Lipinski definition) is 0. The van der Waals surface area contributed by atoms with Crippen LogP contribution in [0.3, 0.4) is 0 Å². The molecule has 1 aromatic heterocycles. The highest BCUT2D eigenvalue weighted by molar-refractivity contribution is 7.17. The Hall–Kier alpha value is -1.06. The molecular weight excluding hydrogens is 252 g/mol. The van der Waals surface area contributed by atoms with Gasteiger partial charge in [-0.15, -0.1) is 11.3 Å². The number of rotatable bonds is 1. The van der Waals surface area contributed by atoms with Gasteiger partial charge in [0.2, 0.25) is 0 Å². The van der Waals surface area contributed by atoms with Gasteiger partial charge in [-0.3, -0.25) is 0 Å². The van der Waals surface area contributed by atoms with Crippen LogP contribution in [0.2, 0.25) is 0 Å². The number of quaternary nitrogens is 1. The average Bonchev–Trinajstić information content (AvgIpc) is 3.09. The molecule has 1 spiro atoms. The van der Waals surface area contributed by atoms with E-state index in [0.29, 0.717) is 0 Å². The lowest BCUT2D eigenvalue weighted by Gasteiger charge is -2.43. The van der Waals surface area contributed by atoms with Gasteiger partial charge in [-0.1, -0.05) is 6.07 Å². The summed E-state index contributed by atoms with van der Waals surface area (Å²) in [5.74, 6) is 0. The second kappa shape index (κ2) is 4.50. The highest BCUT2D eigenvalue weighted by Crippen LogP contribution is 2.32. The maximum Gasteiger partial charge on any atom is 0.0965 e. The van der Waals surface area contributed by atoms with Gasteiger partial charge in [0.05, 0.1) is 39.3 Å². The van der Waals surface area contributed by atoms with Crippen molar-refractivity contribution in [2.24, 2.45) is 0 Å². The number of anilines is 1. The van der Waals surface area contributed by atoms with Gasteiger partial charge in [0.1, 0.15) is 0 Å². The van der Waals surface area contributed by atoms with E-state index in [4.69, 9.17) is 0 Å². The summed E-state index contributed by atoms with van der Waals surface area (Å²) in [7, 11) is 0. The summed E-state index contributed by atoms with van der Waals surface area (Å²) in [6.07, 6.45) is 2.89. The summed E-state index contributed by atoms with van der Waals surface area (Å²) in [4.78, 5) is 2.61. The highest BCUT2D eigenvalue weighted by Gasteiger charge is 2.35. The van der Waals surface area contributed by atoms with Crippen molar-refractivity contribution in [2.75, 3.05) is 44.2 Å². The van der Waals surface area contributed by atoms with Gasteiger partial charge in [-0.05, 0) is 23.6 Å². The van der Waals surface area contributed by atoms with E-state index in [9.17, 15) is 0 Å². The Labute approximate surface area is 118 Å². The van der Waals surface area contributed by atoms with Gasteiger partial charge >= 0.3 is 0 Å². The van der Waals surface area contributed by atoms with Crippen LogP contribution in [0.4, 0.5) is 5.69 Å². The van der Waals surface area contributed by atoms with E-state index < -0.39 is 0 Å². The molecule has 1 aromatic carbocycles. The predicted octanol–water partition coefficient (Wildman–Crippen LogP) is 3.33. The Kier molecular flexibility index (Phi) is 2.78. The van der Waals surface area contributed by atoms with Crippen LogP contribution in [-0.4, -0.2) is 43.8 Å². The molecule has 0 saturated carbocycles. The second-order valence-electron chi connectivity index (χ2n) is 6.04. The van der Waals surface area contributed by atoms with Crippen molar-refractivity contribution in [3.63, 3.8) is 0 Å². The third-order valence-electron chi connectivity index (χ3n) is 5.02. The first-order valence-corrected chi connectivity index (χ1v) is 8.31. The molecule has 2 aliphatic rings. The molecule has 19 heavy (non-hydrogen) atoms. The van der Waals surface area contributed by atoms with Crippen LogP contribution in [0.1, 0.15) is 12.8 Å². The lowest BCUT2D eigenvalue weighted by atomic mass is 10.1. The molecule has 2 aromatic rings. The Morgan fingerprint density at radius 2 is 1.74 bits per heavy atom. The van der Waals surface area contributed by atoms with Crippen molar-refractivity contribution in [3.05, 3.63) is 29.6 Å². The number of hydrogen-bond acceptors (Lipinski definition) is 2. The van der Waals surface area contributed by atoms with E-state index in [0.717, 1.165) is 0 Å². The summed E-state index contributed by atoms with van der Waals surface area (Å²) in [6.45, 7) is 8.01. The summed E-state index contributed by atoms with van der Waals surface area (Å²) in [5.41, 5.74) is 1.45. The third kappa shape index (κ3) is 1.96. The van der Waals surface area contributed by atoms with E-state index in [1.807, 2.05) is 11.3 Å². The zero-order valence-corrected chi connectivity index (χ0v) is 12.2. The van der Waals surface area contributed by atoms with E-state index in [-0.39, 0.29) is 0 Å². The Morgan fingerprint density at radius 1 is 0.947 bits per heavy atom. The molecule has 0 radical (unpaired) electrons. The van der Waals surface area contributed by atoms with Crippen LogP contribution in [0.5, 0.6) is 0 Å². The maximum absolute atomic E-state index is 2.61. The Balaban J connectivity index is 1.59. The minimum atomic E-state index is 1.23. The fourth-order valence-electron chi connectivity index (χ4n) is 3.84. The van der Waals surface area contributed by atoms with Gasteiger partial charge in [0.25, 0.3) is 0 Å². The maximum atomic E-state index is 2.61. The number of nitrogens with zero attached hydrogens (tertiary/aromatic N) is 2. The third-order valence-corrected chi connectivity index (χ3v) is 5.90. The number of piperazine rings is 1. The van der Waals surface area contributed by atoms with E-state index in [2.05, 4.69) is 34.5 Å². The number of fused-ring (bicyclic) bond motifs is 1. The van der Waals surface area contributed by atoms with Crippen LogP contribution >= 0.6 is 11.3 Å². The van der Waals surface area contributed by atoms with Crippen molar-refractivity contribution in [2.45, 2.75) is 12.8 Å². The average molecular weight is 273 g/mol. The molecular formula is C16H21N2S+. The first-order valence-electron chi connectivity index (χ1n) is 7.43. The minimum Gasteiger partial charge on any atom is -0.360 e. The molecule has 100 valence electrons. The first-order chi connectivity index (χ1) is 9.36. The Morgan fingerprint density at radius 3 is 2.53 bits per heavy atom. The van der Waals surface area contributed by atoms with Gasteiger partial charge < -0.3 is 9.38 Å². The molecule has 4 rings (SSSR count). The predicted molar refractivity (Wildman–Crippen MR) is 83.0 cm³/mol. The molecule has 2 nitrogen and oxygen atoms in total. The van der Waals surface area contributed by atoms with Crippen LogP contribution < -0.4 is 4.90 Å². The fraction of sp³-hybridized carbons (Fsp3) is 0.500. The second-order valence-corrected chi connectivity index (χ2v) is 6.99. The quantitative estimate of drug-likeness (QED) is 0.720. The molecule has 0 bridgehead atoms. The topological polar surface area (TPSA) is 3.24 Å². The SMILES string of the molecule is c1cc(N2CC[N+]3(CCCC3)CC2)c2ccsc2c1. The highest BCUT2D eigenvalue weighted by atomic mass is 32.1. The fourth-order valence-corrected chi connectivity index (χ4v) is 4.64. The monoisotopic (exact) mass is 273 g/mol. The van der Waals surface area contributed by atoms with E-state index in [1.54, 1.807) is 0 Å². The Bertz CT molecular complexity index is 573. The summed E-state index contributed by atoms with van der Waals surface area (Å²) >= 11 is 1.85. The van der Waals surface area contributed by atoms with Crippen molar-refractivity contribution >= 4 is 27.1 Å². The standard InChI is InChI=1S/C16H21N2S/c1-2-10-18(9-1)11-7-17(8-12-18)15-4-3-5-16-14(15)6-13-19-16/h3-6,13H,1-2,7-12H2/q+1. The van der Waals surface area contributed by atoms with Gasteiger partial charge in [0, 0.05) is 28.6 Å². The number of benzene rings is 1. The smallest absolute Gasteiger partial charge is 0.0965 e. The molecule has 0 N–H and O–H groups in total. The minimum absolute atomic E-state index is 1.23. The van der Waals surface area contributed by atoms with Gasteiger partial charge in [-0.25, -0.2) is 0 Å². The van der Waals surface area contributed by atoms with E-state index in [1.165, 1.54) is 72.4 Å². The van der Waals surface area contributed by atoms with Crippen LogP contribution in [0, 0.1) is 0 Å². The van der Waals surface area contributed by atoms with Crippen molar-refractivity contribution in [3.8, 4) is 0 Å². The molecule has 2 fully saturated rings. The van der Waals surface area contributed by atoms with E-state index >= 15 is 0 Å². The summed E-state index contributed by atoms with van der Waals surface area (Å²) in [5, 5.41) is 3.66.